The van der Waals surface area contributed by atoms with Gasteiger partial charge in [-0.2, -0.15) is 0 Å². The van der Waals surface area contributed by atoms with Crippen LogP contribution in [0.4, 0.5) is 0 Å². The lowest BCUT2D eigenvalue weighted by atomic mass is 10.1. The maximum absolute atomic E-state index is 11.7. The molecule has 0 saturated carbocycles. The summed E-state index contributed by atoms with van der Waals surface area (Å²) in [5, 5.41) is 6.03. The van der Waals surface area contributed by atoms with Crippen LogP contribution in [0.25, 0.3) is 0 Å². The second-order valence-corrected chi connectivity index (χ2v) is 5.97. The van der Waals surface area contributed by atoms with Crippen LogP contribution < -0.4 is 10.6 Å². The Bertz CT molecular complexity index is 735. The zero-order valence-electron chi connectivity index (χ0n) is 15.4. The number of aromatic nitrogens is 1. The Hall–Kier alpha value is -2.76. The highest BCUT2D eigenvalue weighted by atomic mass is 16.1. The molecular formula is C19H27N5O. The lowest BCUT2D eigenvalue weighted by Gasteiger charge is -2.22. The first-order chi connectivity index (χ1) is 12.0. The number of amides is 1. The van der Waals surface area contributed by atoms with Crippen molar-refractivity contribution in [2.75, 3.05) is 27.7 Å². The standard InChI is InChI=1S/C19H27N5O/c1-20-18(25)16-8-5-7-15(13-16)10-11-22-19(21-2)24(4)14-17-9-6-12-23(17)3/h5-9,12-13H,10-11,14H2,1-4H3,(H,20,25)(H,21,22). The van der Waals surface area contributed by atoms with Crippen molar-refractivity contribution < 1.29 is 4.79 Å². The third-order valence-electron chi connectivity index (χ3n) is 4.14. The van der Waals surface area contributed by atoms with Crippen molar-refractivity contribution in [3.8, 4) is 0 Å². The van der Waals surface area contributed by atoms with Crippen molar-refractivity contribution in [3.05, 3.63) is 59.4 Å². The van der Waals surface area contributed by atoms with E-state index in [1.165, 1.54) is 5.69 Å². The van der Waals surface area contributed by atoms with Crippen LogP contribution in [0.2, 0.25) is 0 Å². The molecule has 6 nitrogen and oxygen atoms in total. The Morgan fingerprint density at radius 3 is 2.72 bits per heavy atom. The minimum Gasteiger partial charge on any atom is -0.356 e. The Labute approximate surface area is 149 Å². The first-order valence-electron chi connectivity index (χ1n) is 8.38. The van der Waals surface area contributed by atoms with E-state index in [1.807, 2.05) is 50.6 Å². The van der Waals surface area contributed by atoms with Crippen LogP contribution in [0, 0.1) is 0 Å². The highest BCUT2D eigenvalue weighted by Gasteiger charge is 2.08. The number of carbonyl (C=O) groups is 1. The van der Waals surface area contributed by atoms with Gasteiger partial charge in [-0.1, -0.05) is 12.1 Å². The van der Waals surface area contributed by atoms with Crippen LogP contribution in [0.5, 0.6) is 0 Å². The Morgan fingerprint density at radius 1 is 1.28 bits per heavy atom. The third kappa shape index (κ3) is 5.11. The molecule has 0 aliphatic rings. The number of nitrogens with zero attached hydrogens (tertiary/aromatic N) is 3. The van der Waals surface area contributed by atoms with Crippen LogP contribution in [0.15, 0.2) is 47.6 Å². The van der Waals surface area contributed by atoms with Crippen LogP contribution in [0.1, 0.15) is 21.6 Å². The van der Waals surface area contributed by atoms with Gasteiger partial charge in [-0.25, -0.2) is 0 Å². The molecule has 1 aromatic carbocycles. The topological polar surface area (TPSA) is 61.7 Å². The van der Waals surface area contributed by atoms with E-state index >= 15 is 0 Å². The fourth-order valence-corrected chi connectivity index (χ4v) is 2.69. The zero-order valence-corrected chi connectivity index (χ0v) is 15.4. The van der Waals surface area contributed by atoms with E-state index in [1.54, 1.807) is 14.1 Å². The van der Waals surface area contributed by atoms with E-state index in [9.17, 15) is 4.79 Å². The van der Waals surface area contributed by atoms with E-state index < -0.39 is 0 Å². The average Bonchev–Trinajstić information content (AvgIpc) is 3.03. The molecule has 25 heavy (non-hydrogen) atoms. The van der Waals surface area contributed by atoms with Crippen molar-refractivity contribution in [2.24, 2.45) is 12.0 Å². The molecule has 2 aromatic rings. The smallest absolute Gasteiger partial charge is 0.251 e. The van der Waals surface area contributed by atoms with Gasteiger partial charge in [0.05, 0.1) is 6.54 Å². The molecule has 0 spiro atoms. The van der Waals surface area contributed by atoms with Gasteiger partial charge in [0.1, 0.15) is 0 Å². The maximum Gasteiger partial charge on any atom is 0.251 e. The van der Waals surface area contributed by atoms with E-state index in [0.717, 1.165) is 31.0 Å². The first-order valence-corrected chi connectivity index (χ1v) is 8.38. The summed E-state index contributed by atoms with van der Waals surface area (Å²) in [6.45, 7) is 1.54. The first kappa shape index (κ1) is 18.6. The van der Waals surface area contributed by atoms with Crippen molar-refractivity contribution in [1.82, 2.24) is 20.1 Å². The molecule has 1 amide bonds. The van der Waals surface area contributed by atoms with Crippen molar-refractivity contribution in [3.63, 3.8) is 0 Å². The lowest BCUT2D eigenvalue weighted by molar-refractivity contribution is 0.0963. The zero-order chi connectivity index (χ0) is 18.2. The molecule has 0 aliphatic carbocycles. The maximum atomic E-state index is 11.7. The summed E-state index contributed by atoms with van der Waals surface area (Å²) in [5.74, 6) is 0.788. The van der Waals surface area contributed by atoms with Crippen molar-refractivity contribution in [2.45, 2.75) is 13.0 Å². The molecule has 0 saturated heterocycles. The van der Waals surface area contributed by atoms with Crippen LogP contribution in [-0.4, -0.2) is 49.0 Å². The molecule has 2 rings (SSSR count). The number of aryl methyl sites for hydroxylation is 1. The van der Waals surface area contributed by atoms with E-state index in [4.69, 9.17) is 0 Å². The van der Waals surface area contributed by atoms with Crippen LogP contribution >= 0.6 is 0 Å². The van der Waals surface area contributed by atoms with Crippen molar-refractivity contribution in [1.29, 1.82) is 0 Å². The van der Waals surface area contributed by atoms with Gasteiger partial charge in [-0.05, 0) is 36.2 Å². The highest BCUT2D eigenvalue weighted by Crippen LogP contribution is 2.06. The Kier molecular flexibility index (Phi) is 6.62. The fourth-order valence-electron chi connectivity index (χ4n) is 2.69. The molecule has 1 heterocycles. The monoisotopic (exact) mass is 341 g/mol. The molecule has 6 heteroatoms. The average molecular weight is 341 g/mol. The van der Waals surface area contributed by atoms with Gasteiger partial charge in [-0.15, -0.1) is 0 Å². The predicted octanol–water partition coefficient (Wildman–Crippen LogP) is 1.63. The third-order valence-corrected chi connectivity index (χ3v) is 4.14. The lowest BCUT2D eigenvalue weighted by Crippen LogP contribution is -2.39. The molecule has 0 radical (unpaired) electrons. The molecule has 0 atom stereocenters. The molecule has 0 fully saturated rings. The molecular weight excluding hydrogens is 314 g/mol. The predicted molar refractivity (Wildman–Crippen MR) is 102 cm³/mol. The van der Waals surface area contributed by atoms with Crippen LogP contribution in [0.3, 0.4) is 0 Å². The second-order valence-electron chi connectivity index (χ2n) is 5.97. The number of carbonyl (C=O) groups excluding carboxylic acids is 1. The van der Waals surface area contributed by atoms with Gasteiger partial charge in [0, 0.05) is 52.2 Å². The van der Waals surface area contributed by atoms with Gasteiger partial charge in [0.15, 0.2) is 5.96 Å². The molecule has 0 aliphatic heterocycles. The minimum atomic E-state index is -0.0621. The number of hydrogen-bond donors (Lipinski definition) is 2. The minimum absolute atomic E-state index is 0.0621. The Balaban J connectivity index is 1.89. The largest absolute Gasteiger partial charge is 0.356 e. The Morgan fingerprint density at radius 2 is 2.08 bits per heavy atom. The van der Waals surface area contributed by atoms with Gasteiger partial charge in [0.25, 0.3) is 5.91 Å². The quantitative estimate of drug-likeness (QED) is 0.620. The SMILES string of the molecule is CN=C(NCCc1cccc(C(=O)NC)c1)N(C)Cc1cccn1C. The fraction of sp³-hybridized carbons (Fsp3) is 0.368. The van der Waals surface area contributed by atoms with Gasteiger partial charge >= 0.3 is 0 Å². The number of guanidine groups is 1. The summed E-state index contributed by atoms with van der Waals surface area (Å²) >= 11 is 0. The molecule has 2 N–H and O–H groups in total. The number of aliphatic imine (C=N–C) groups is 1. The molecule has 1 aromatic heterocycles. The highest BCUT2D eigenvalue weighted by molar-refractivity contribution is 5.94. The number of hydrogen-bond acceptors (Lipinski definition) is 2. The van der Waals surface area contributed by atoms with Gasteiger partial charge in [0.2, 0.25) is 0 Å². The number of rotatable bonds is 6. The molecule has 134 valence electrons. The summed E-state index contributed by atoms with van der Waals surface area (Å²) in [6, 6.07) is 11.8. The van der Waals surface area contributed by atoms with E-state index in [2.05, 4.69) is 31.2 Å². The summed E-state index contributed by atoms with van der Waals surface area (Å²) in [5.41, 5.74) is 3.03. The molecule has 0 bridgehead atoms. The summed E-state index contributed by atoms with van der Waals surface area (Å²) < 4.78 is 2.11. The van der Waals surface area contributed by atoms with Crippen molar-refractivity contribution >= 4 is 11.9 Å². The summed E-state index contributed by atoms with van der Waals surface area (Å²) in [7, 11) is 7.49. The van der Waals surface area contributed by atoms with E-state index in [-0.39, 0.29) is 5.91 Å². The molecule has 0 unspecified atom stereocenters. The second kappa shape index (κ2) is 8.92. The normalized spacial score (nSPS) is 11.3. The number of benzene rings is 1. The van der Waals surface area contributed by atoms with E-state index in [0.29, 0.717) is 5.56 Å². The summed E-state index contributed by atoms with van der Waals surface area (Å²) in [4.78, 5) is 18.1. The summed E-state index contributed by atoms with van der Waals surface area (Å²) in [6.07, 6.45) is 2.86. The van der Waals surface area contributed by atoms with Crippen LogP contribution in [-0.2, 0) is 20.0 Å². The number of nitrogens with one attached hydrogen (secondary N) is 2. The van der Waals surface area contributed by atoms with Gasteiger partial charge in [-0.3, -0.25) is 9.79 Å². The van der Waals surface area contributed by atoms with Gasteiger partial charge < -0.3 is 20.1 Å².